The average Bonchev–Trinajstić information content (AvgIpc) is 2.67. The van der Waals surface area contributed by atoms with Crippen molar-refractivity contribution in [3.8, 4) is 0 Å². The van der Waals surface area contributed by atoms with Crippen LogP contribution in [0.25, 0.3) is 0 Å². The maximum absolute atomic E-state index is 12.2. The third kappa shape index (κ3) is 2.28. The molecule has 0 spiro atoms. The van der Waals surface area contributed by atoms with Gasteiger partial charge in [-0.1, -0.05) is 22.0 Å². The number of aryl methyl sites for hydroxylation is 1. The molecule has 0 aromatic heterocycles. The summed E-state index contributed by atoms with van der Waals surface area (Å²) in [4.78, 5) is 13.9. The Balaban J connectivity index is 2.23. The molecule has 0 aliphatic carbocycles. The molecular formula is C12H14BrNO2. The number of hydrogen-bond acceptors (Lipinski definition) is 2. The van der Waals surface area contributed by atoms with Crippen LogP contribution in [0, 0.1) is 6.92 Å². The van der Waals surface area contributed by atoms with Crippen LogP contribution in [0.5, 0.6) is 0 Å². The molecule has 1 atom stereocenters. The number of β-amino-alcohol motifs (C(OH)–C–C–N with tert-alkyl or cyclic N) is 1. The summed E-state index contributed by atoms with van der Waals surface area (Å²) < 4.78 is 0.904. The van der Waals surface area contributed by atoms with E-state index in [4.69, 9.17) is 0 Å². The molecular weight excluding hydrogens is 270 g/mol. The van der Waals surface area contributed by atoms with Gasteiger partial charge in [-0.15, -0.1) is 0 Å². The number of halogens is 1. The minimum Gasteiger partial charge on any atom is -0.391 e. The van der Waals surface area contributed by atoms with Crippen molar-refractivity contribution in [3.05, 3.63) is 33.8 Å². The fourth-order valence-corrected chi connectivity index (χ4v) is 2.28. The largest absolute Gasteiger partial charge is 0.391 e. The average molecular weight is 284 g/mol. The van der Waals surface area contributed by atoms with Gasteiger partial charge in [0.2, 0.25) is 0 Å². The topological polar surface area (TPSA) is 40.5 Å². The lowest BCUT2D eigenvalue weighted by Crippen LogP contribution is -2.30. The van der Waals surface area contributed by atoms with Crippen molar-refractivity contribution >= 4 is 21.8 Å². The van der Waals surface area contributed by atoms with E-state index < -0.39 is 0 Å². The number of rotatable bonds is 1. The number of aliphatic hydroxyl groups excluding tert-OH is 1. The molecule has 0 saturated carbocycles. The summed E-state index contributed by atoms with van der Waals surface area (Å²) in [5.74, 6) is 0.00958. The molecule has 1 fully saturated rings. The van der Waals surface area contributed by atoms with E-state index in [1.807, 2.05) is 25.1 Å². The first-order chi connectivity index (χ1) is 7.58. The van der Waals surface area contributed by atoms with Gasteiger partial charge in [0, 0.05) is 23.1 Å². The highest BCUT2D eigenvalue weighted by molar-refractivity contribution is 9.10. The predicted molar refractivity (Wildman–Crippen MR) is 65.4 cm³/mol. The van der Waals surface area contributed by atoms with Crippen molar-refractivity contribution in [2.45, 2.75) is 19.4 Å². The predicted octanol–water partition coefficient (Wildman–Crippen LogP) is 1.96. The number of benzene rings is 1. The Morgan fingerprint density at radius 2 is 2.31 bits per heavy atom. The standard InChI is InChI=1S/C12H14BrNO2/c1-8-2-3-9(13)6-11(8)12(16)14-5-4-10(15)7-14/h2-3,6,10,15H,4-5,7H2,1H3. The molecule has 1 saturated heterocycles. The van der Waals surface area contributed by atoms with Crippen molar-refractivity contribution in [3.63, 3.8) is 0 Å². The molecule has 0 radical (unpaired) electrons. The normalized spacial score (nSPS) is 20.2. The summed E-state index contributed by atoms with van der Waals surface area (Å²) in [7, 11) is 0. The molecule has 1 heterocycles. The molecule has 1 amide bonds. The van der Waals surface area contributed by atoms with E-state index in [-0.39, 0.29) is 12.0 Å². The Bertz CT molecular complexity index is 419. The quantitative estimate of drug-likeness (QED) is 0.856. The van der Waals surface area contributed by atoms with Gasteiger partial charge in [-0.05, 0) is 31.0 Å². The third-order valence-corrected chi connectivity index (χ3v) is 3.37. The Labute approximate surface area is 103 Å². The number of carbonyl (C=O) groups excluding carboxylic acids is 1. The number of carbonyl (C=O) groups is 1. The van der Waals surface area contributed by atoms with Crippen LogP contribution in [0.15, 0.2) is 22.7 Å². The van der Waals surface area contributed by atoms with E-state index in [0.29, 0.717) is 25.1 Å². The zero-order chi connectivity index (χ0) is 11.7. The molecule has 4 heteroatoms. The minimum absolute atomic E-state index is 0.00958. The molecule has 1 aliphatic rings. The van der Waals surface area contributed by atoms with Crippen LogP contribution in [0.2, 0.25) is 0 Å². The summed E-state index contributed by atoms with van der Waals surface area (Å²) in [6, 6.07) is 5.68. The van der Waals surface area contributed by atoms with Crippen molar-refractivity contribution in [1.29, 1.82) is 0 Å². The van der Waals surface area contributed by atoms with Crippen LogP contribution >= 0.6 is 15.9 Å². The number of nitrogens with zero attached hydrogens (tertiary/aromatic N) is 1. The van der Waals surface area contributed by atoms with E-state index >= 15 is 0 Å². The first kappa shape index (κ1) is 11.6. The summed E-state index contributed by atoms with van der Waals surface area (Å²) in [5.41, 5.74) is 1.68. The van der Waals surface area contributed by atoms with Crippen LogP contribution in [0.4, 0.5) is 0 Å². The van der Waals surface area contributed by atoms with E-state index in [1.54, 1.807) is 4.90 Å². The molecule has 86 valence electrons. The Kier molecular flexibility index (Phi) is 3.30. The maximum Gasteiger partial charge on any atom is 0.254 e. The van der Waals surface area contributed by atoms with Gasteiger partial charge in [0.25, 0.3) is 5.91 Å². The summed E-state index contributed by atoms with van der Waals surface area (Å²) in [6.07, 6.45) is 0.315. The Hall–Kier alpha value is -0.870. The smallest absolute Gasteiger partial charge is 0.254 e. The molecule has 0 bridgehead atoms. The van der Waals surface area contributed by atoms with Gasteiger partial charge in [-0.2, -0.15) is 0 Å². The van der Waals surface area contributed by atoms with Crippen molar-refractivity contribution in [2.24, 2.45) is 0 Å². The SMILES string of the molecule is Cc1ccc(Br)cc1C(=O)N1CCC(O)C1. The lowest BCUT2D eigenvalue weighted by atomic mass is 10.1. The van der Waals surface area contributed by atoms with Crippen molar-refractivity contribution < 1.29 is 9.90 Å². The van der Waals surface area contributed by atoms with Gasteiger partial charge in [0.1, 0.15) is 0 Å². The van der Waals surface area contributed by atoms with Gasteiger partial charge < -0.3 is 10.0 Å². The third-order valence-electron chi connectivity index (χ3n) is 2.88. The van der Waals surface area contributed by atoms with Crippen LogP contribution in [-0.2, 0) is 0 Å². The van der Waals surface area contributed by atoms with Gasteiger partial charge in [-0.25, -0.2) is 0 Å². The molecule has 1 aliphatic heterocycles. The number of amides is 1. The monoisotopic (exact) mass is 283 g/mol. The highest BCUT2D eigenvalue weighted by Gasteiger charge is 2.26. The van der Waals surface area contributed by atoms with E-state index in [0.717, 1.165) is 10.0 Å². The minimum atomic E-state index is -0.364. The van der Waals surface area contributed by atoms with E-state index in [2.05, 4.69) is 15.9 Å². The highest BCUT2D eigenvalue weighted by atomic mass is 79.9. The van der Waals surface area contributed by atoms with Crippen molar-refractivity contribution in [2.75, 3.05) is 13.1 Å². The summed E-state index contributed by atoms with van der Waals surface area (Å²) in [5, 5.41) is 9.42. The van der Waals surface area contributed by atoms with E-state index in [9.17, 15) is 9.90 Å². The maximum atomic E-state index is 12.2. The van der Waals surface area contributed by atoms with E-state index in [1.165, 1.54) is 0 Å². The lowest BCUT2D eigenvalue weighted by Gasteiger charge is -2.17. The molecule has 1 aromatic rings. The van der Waals surface area contributed by atoms with Gasteiger partial charge in [0.15, 0.2) is 0 Å². The summed E-state index contributed by atoms with van der Waals surface area (Å²) >= 11 is 3.36. The van der Waals surface area contributed by atoms with Crippen LogP contribution in [-0.4, -0.2) is 35.1 Å². The van der Waals surface area contributed by atoms with Gasteiger partial charge >= 0.3 is 0 Å². The van der Waals surface area contributed by atoms with Crippen LogP contribution in [0.1, 0.15) is 22.3 Å². The zero-order valence-electron chi connectivity index (χ0n) is 9.11. The summed E-state index contributed by atoms with van der Waals surface area (Å²) in [6.45, 7) is 3.02. The van der Waals surface area contributed by atoms with Crippen molar-refractivity contribution in [1.82, 2.24) is 4.90 Å². The molecule has 1 unspecified atom stereocenters. The molecule has 1 N–H and O–H groups in total. The lowest BCUT2D eigenvalue weighted by molar-refractivity contribution is 0.0764. The van der Waals surface area contributed by atoms with Gasteiger partial charge in [0.05, 0.1) is 6.10 Å². The van der Waals surface area contributed by atoms with Crippen LogP contribution < -0.4 is 0 Å². The Morgan fingerprint density at radius 1 is 1.56 bits per heavy atom. The molecule has 1 aromatic carbocycles. The van der Waals surface area contributed by atoms with Crippen LogP contribution in [0.3, 0.4) is 0 Å². The molecule has 16 heavy (non-hydrogen) atoms. The number of aliphatic hydroxyl groups is 1. The first-order valence-corrected chi connectivity index (χ1v) is 6.10. The second-order valence-corrected chi connectivity index (χ2v) is 5.07. The fraction of sp³-hybridized carbons (Fsp3) is 0.417. The fourth-order valence-electron chi connectivity index (χ4n) is 1.92. The Morgan fingerprint density at radius 3 is 2.94 bits per heavy atom. The van der Waals surface area contributed by atoms with Gasteiger partial charge in [-0.3, -0.25) is 4.79 Å². The second-order valence-electron chi connectivity index (χ2n) is 4.15. The molecule has 2 rings (SSSR count). The molecule has 3 nitrogen and oxygen atoms in total. The zero-order valence-corrected chi connectivity index (χ0v) is 10.7. The number of likely N-dealkylation sites (tertiary alicyclic amines) is 1. The highest BCUT2D eigenvalue weighted by Crippen LogP contribution is 2.20. The number of hydrogen-bond donors (Lipinski definition) is 1. The second kappa shape index (κ2) is 4.55. The first-order valence-electron chi connectivity index (χ1n) is 5.31.